The Hall–Kier alpha value is -4.61. The number of para-hydroxylation sites is 1. The van der Waals surface area contributed by atoms with E-state index in [0.29, 0.717) is 23.0 Å². The quantitative estimate of drug-likeness (QED) is 0.262. The fourth-order valence-electron chi connectivity index (χ4n) is 5.66. The van der Waals surface area contributed by atoms with E-state index in [2.05, 4.69) is 26.0 Å². The van der Waals surface area contributed by atoms with E-state index in [9.17, 15) is 13.6 Å². The molecular formula is C31H28F2N6O3. The number of nitrogen functional groups attached to an aromatic ring is 1. The molecule has 9 nitrogen and oxygen atoms in total. The minimum absolute atomic E-state index is 0.00228. The van der Waals surface area contributed by atoms with E-state index in [0.717, 1.165) is 62.1 Å². The van der Waals surface area contributed by atoms with Crippen LogP contribution >= 0.6 is 0 Å². The number of hydrogen-bond donors (Lipinski definition) is 2. The smallest absolute Gasteiger partial charge is 0.219 e. The van der Waals surface area contributed by atoms with E-state index in [1.807, 2.05) is 12.1 Å². The topological polar surface area (TPSA) is 111 Å². The van der Waals surface area contributed by atoms with Gasteiger partial charge in [0, 0.05) is 43.2 Å². The summed E-state index contributed by atoms with van der Waals surface area (Å²) in [6.07, 6.45) is 5.23. The Morgan fingerprint density at radius 3 is 2.74 bits per heavy atom. The summed E-state index contributed by atoms with van der Waals surface area (Å²) in [5.74, 6) is -2.34. The average molecular weight is 571 g/mol. The molecule has 1 saturated heterocycles. The lowest BCUT2D eigenvalue weighted by Gasteiger charge is -2.35. The third-order valence-electron chi connectivity index (χ3n) is 8.05. The molecule has 3 aromatic heterocycles. The van der Waals surface area contributed by atoms with Crippen molar-refractivity contribution < 1.29 is 23.0 Å². The molecule has 5 aromatic rings. The summed E-state index contributed by atoms with van der Waals surface area (Å²) < 4.78 is 40.4. The minimum atomic E-state index is -0.837. The molecule has 1 unspecified atom stereocenters. The van der Waals surface area contributed by atoms with Crippen molar-refractivity contribution in [2.24, 2.45) is 0 Å². The van der Waals surface area contributed by atoms with Crippen LogP contribution in [0.4, 0.5) is 14.6 Å². The van der Waals surface area contributed by atoms with Gasteiger partial charge < -0.3 is 20.2 Å². The van der Waals surface area contributed by atoms with Gasteiger partial charge in [-0.05, 0) is 60.7 Å². The number of anilines is 1. The average Bonchev–Trinajstić information content (AvgIpc) is 3.57. The van der Waals surface area contributed by atoms with Crippen LogP contribution in [0, 0.1) is 18.6 Å². The third-order valence-corrected chi connectivity index (χ3v) is 8.05. The molecule has 0 bridgehead atoms. The first-order valence-electron chi connectivity index (χ1n) is 13.8. The van der Waals surface area contributed by atoms with Crippen LogP contribution in [-0.2, 0) is 17.7 Å². The number of benzene rings is 2. The number of ketones is 1. The number of carbonyl (C=O) groups excluding carboxylic acids is 1. The summed E-state index contributed by atoms with van der Waals surface area (Å²) >= 11 is 0. The predicted molar refractivity (Wildman–Crippen MR) is 152 cm³/mol. The zero-order chi connectivity index (χ0) is 29.0. The van der Waals surface area contributed by atoms with Crippen LogP contribution in [0.1, 0.15) is 39.2 Å². The van der Waals surface area contributed by atoms with Crippen molar-refractivity contribution in [3.63, 3.8) is 0 Å². The summed E-state index contributed by atoms with van der Waals surface area (Å²) in [7, 11) is 0. The number of aromatic nitrogens is 4. The van der Waals surface area contributed by atoms with Gasteiger partial charge in [-0.2, -0.15) is 5.10 Å². The second-order valence-corrected chi connectivity index (χ2v) is 10.8. The first-order chi connectivity index (χ1) is 20.4. The van der Waals surface area contributed by atoms with Crippen LogP contribution in [0.5, 0.6) is 11.6 Å². The number of pyridine rings is 1. The normalized spacial score (nSPS) is 16.8. The molecule has 0 radical (unpaired) electrons. The third kappa shape index (κ3) is 4.60. The van der Waals surface area contributed by atoms with Crippen molar-refractivity contribution in [1.82, 2.24) is 24.6 Å². The number of fused-ring (bicyclic) bond motifs is 3. The molecule has 0 aliphatic carbocycles. The zero-order valence-corrected chi connectivity index (χ0v) is 22.9. The van der Waals surface area contributed by atoms with Gasteiger partial charge in [-0.3, -0.25) is 9.69 Å². The molecule has 3 N–H and O–H groups in total. The molecule has 7 rings (SSSR count). The predicted octanol–water partition coefficient (Wildman–Crippen LogP) is 5.09. The maximum Gasteiger partial charge on any atom is 0.219 e. The molecule has 1 atom stereocenters. The lowest BCUT2D eigenvalue weighted by Crippen LogP contribution is -2.42. The number of hydrogen-bond acceptors (Lipinski definition) is 7. The molecule has 11 heteroatoms. The Kier molecular flexibility index (Phi) is 6.47. The molecular weight excluding hydrogens is 542 g/mol. The second kappa shape index (κ2) is 10.3. The monoisotopic (exact) mass is 570 g/mol. The Labute approximate surface area is 239 Å². The number of rotatable bonds is 7. The van der Waals surface area contributed by atoms with Gasteiger partial charge in [0.1, 0.15) is 5.82 Å². The summed E-state index contributed by atoms with van der Waals surface area (Å²) in [5, 5.41) is 5.38. The van der Waals surface area contributed by atoms with Gasteiger partial charge in [0.15, 0.2) is 11.6 Å². The van der Waals surface area contributed by atoms with E-state index in [1.54, 1.807) is 6.92 Å². The zero-order valence-electron chi connectivity index (χ0n) is 22.9. The van der Waals surface area contributed by atoms with Crippen LogP contribution in [0.2, 0.25) is 0 Å². The molecule has 0 amide bonds. The van der Waals surface area contributed by atoms with Crippen LogP contribution in [0.3, 0.4) is 0 Å². The van der Waals surface area contributed by atoms with Gasteiger partial charge in [0.2, 0.25) is 17.4 Å². The molecule has 5 heterocycles. The molecule has 42 heavy (non-hydrogen) atoms. The molecule has 0 spiro atoms. The molecule has 0 saturated carbocycles. The number of ether oxygens (including phenoxy) is 2. The molecule has 2 aliphatic heterocycles. The van der Waals surface area contributed by atoms with Crippen LogP contribution in [0.25, 0.3) is 16.6 Å². The van der Waals surface area contributed by atoms with E-state index >= 15 is 0 Å². The number of aryl methyl sites for hydroxylation is 1. The first-order valence-corrected chi connectivity index (χ1v) is 13.8. The van der Waals surface area contributed by atoms with Crippen LogP contribution in [-0.4, -0.2) is 56.2 Å². The number of H-pyrrole nitrogens is 1. The number of halogens is 2. The summed E-state index contributed by atoms with van der Waals surface area (Å²) in [4.78, 5) is 23.5. The Balaban J connectivity index is 1.14. The minimum Gasteiger partial charge on any atom is -0.433 e. The fraction of sp³-hybridized carbons (Fsp3) is 0.258. The van der Waals surface area contributed by atoms with E-state index < -0.39 is 17.4 Å². The fourth-order valence-corrected chi connectivity index (χ4v) is 5.66. The lowest BCUT2D eigenvalue weighted by atomic mass is 9.95. The Bertz CT molecular complexity index is 1820. The van der Waals surface area contributed by atoms with Crippen molar-refractivity contribution in [3.8, 4) is 17.3 Å². The number of nitrogens with zero attached hydrogens (tertiary/aromatic N) is 4. The van der Waals surface area contributed by atoms with Crippen molar-refractivity contribution in [3.05, 3.63) is 94.4 Å². The van der Waals surface area contributed by atoms with Gasteiger partial charge in [0.25, 0.3) is 0 Å². The van der Waals surface area contributed by atoms with Gasteiger partial charge in [-0.25, -0.2) is 18.4 Å². The highest BCUT2D eigenvalue weighted by Gasteiger charge is 2.27. The molecule has 1 fully saturated rings. The second-order valence-electron chi connectivity index (χ2n) is 10.8. The highest BCUT2D eigenvalue weighted by atomic mass is 19.1. The Morgan fingerprint density at radius 2 is 2.00 bits per heavy atom. The number of nitrogens with two attached hydrogens (primary N) is 1. The summed E-state index contributed by atoms with van der Waals surface area (Å²) in [6, 6.07) is 11.0. The maximum atomic E-state index is 14.0. The van der Waals surface area contributed by atoms with Crippen molar-refractivity contribution in [1.29, 1.82) is 0 Å². The van der Waals surface area contributed by atoms with Gasteiger partial charge in [-0.1, -0.05) is 12.1 Å². The van der Waals surface area contributed by atoms with Gasteiger partial charge >= 0.3 is 0 Å². The van der Waals surface area contributed by atoms with Crippen LogP contribution in [0.15, 0.2) is 54.9 Å². The first kappa shape index (κ1) is 26.3. The molecule has 2 aliphatic rings. The van der Waals surface area contributed by atoms with Crippen molar-refractivity contribution in [2.75, 3.05) is 25.4 Å². The summed E-state index contributed by atoms with van der Waals surface area (Å²) in [6.45, 7) is 5.32. The van der Waals surface area contributed by atoms with E-state index in [1.165, 1.54) is 40.3 Å². The SMILES string of the molecule is Cc1cc(Oc2c(F)cccc2F)ncc1-n1ncc(C(=O)c2cc3c4c(ccc3[nH]2)CCN(CC2CCO2)C4)c1N. The summed E-state index contributed by atoms with van der Waals surface area (Å²) in [5.41, 5.74) is 11.6. The number of nitrogens with one attached hydrogen (secondary N) is 1. The lowest BCUT2D eigenvalue weighted by molar-refractivity contribution is -0.0683. The maximum absolute atomic E-state index is 14.0. The van der Waals surface area contributed by atoms with E-state index in [-0.39, 0.29) is 23.0 Å². The largest absolute Gasteiger partial charge is 0.433 e. The van der Waals surface area contributed by atoms with Crippen molar-refractivity contribution >= 4 is 22.5 Å². The molecule has 214 valence electrons. The number of carbonyl (C=O) groups is 1. The van der Waals surface area contributed by atoms with Crippen molar-refractivity contribution in [2.45, 2.75) is 32.4 Å². The van der Waals surface area contributed by atoms with Gasteiger partial charge in [-0.15, -0.1) is 0 Å². The number of aromatic amines is 1. The van der Waals surface area contributed by atoms with Gasteiger partial charge in [0.05, 0.1) is 35.4 Å². The van der Waals surface area contributed by atoms with Crippen LogP contribution < -0.4 is 10.5 Å². The highest BCUT2D eigenvalue weighted by molar-refractivity contribution is 6.12. The standard InChI is InChI=1S/C31H28F2N6O3/c1-17-11-28(42-30-23(32)3-2-4-24(30)33)35-14-27(17)39-31(34)21(13-36-39)29(40)26-12-20-22-16-38(15-19-8-10-41-19)9-7-18(22)5-6-25(20)37-26/h2-6,11-14,19,37H,7-10,15-16,34H2,1H3. The Morgan fingerprint density at radius 1 is 1.19 bits per heavy atom. The highest BCUT2D eigenvalue weighted by Crippen LogP contribution is 2.32. The van der Waals surface area contributed by atoms with E-state index in [4.69, 9.17) is 15.2 Å². The molecule has 2 aromatic carbocycles.